The van der Waals surface area contributed by atoms with Crippen molar-refractivity contribution in [3.05, 3.63) is 77.4 Å². The average molecular weight is 423 g/mol. The second kappa shape index (κ2) is 13.4. The molecular formula is C27H38N2O2. The zero-order chi connectivity index (χ0) is 21.7. The molecule has 1 saturated carbocycles. The third-order valence-electron chi connectivity index (χ3n) is 6.42. The van der Waals surface area contributed by atoms with Crippen molar-refractivity contribution in [3.8, 4) is 0 Å². The van der Waals surface area contributed by atoms with Crippen molar-refractivity contribution in [2.24, 2.45) is 11.8 Å². The molecule has 0 aromatic heterocycles. The molecule has 31 heavy (non-hydrogen) atoms. The Kier molecular flexibility index (Phi) is 10.3. The second-order valence-electron chi connectivity index (χ2n) is 8.78. The molecule has 0 heterocycles. The normalized spacial score (nSPS) is 20.2. The lowest BCUT2D eigenvalue weighted by atomic mass is 9.82. The molecule has 1 aliphatic carbocycles. The molecule has 1 fully saturated rings. The van der Waals surface area contributed by atoms with Crippen LogP contribution in [0, 0.1) is 11.8 Å². The molecule has 1 atom stereocenters. The maximum absolute atomic E-state index is 9.71. The zero-order valence-electron chi connectivity index (χ0n) is 18.5. The first-order valence-corrected chi connectivity index (χ1v) is 11.7. The van der Waals surface area contributed by atoms with Gasteiger partial charge in [-0.25, -0.2) is 0 Å². The van der Waals surface area contributed by atoms with Gasteiger partial charge in [-0.3, -0.25) is 0 Å². The summed E-state index contributed by atoms with van der Waals surface area (Å²) in [6.45, 7) is 3.20. The van der Waals surface area contributed by atoms with Crippen LogP contribution in [0.3, 0.4) is 0 Å². The average Bonchev–Trinajstić information content (AvgIpc) is 2.83. The van der Waals surface area contributed by atoms with Crippen molar-refractivity contribution in [2.75, 3.05) is 26.2 Å². The molecule has 2 aromatic carbocycles. The Hall–Kier alpha value is -1.98. The van der Waals surface area contributed by atoms with Gasteiger partial charge >= 0.3 is 0 Å². The fourth-order valence-electron chi connectivity index (χ4n) is 4.47. The number of hydrogen-bond donors (Lipinski definition) is 4. The van der Waals surface area contributed by atoms with Crippen LogP contribution in [0.25, 0.3) is 6.08 Å². The van der Waals surface area contributed by atoms with Crippen LogP contribution in [0.15, 0.2) is 60.7 Å². The van der Waals surface area contributed by atoms with Crippen molar-refractivity contribution in [2.45, 2.75) is 44.8 Å². The summed E-state index contributed by atoms with van der Waals surface area (Å²) in [7, 11) is 0. The highest BCUT2D eigenvalue weighted by molar-refractivity contribution is 5.53. The van der Waals surface area contributed by atoms with E-state index in [4.69, 9.17) is 0 Å². The SMILES string of the molecule is OCc1ccccc1C=CCNCC1CCC(CNC(CO)Cc2ccccc2)CC1. The number of hydrogen-bond acceptors (Lipinski definition) is 4. The highest BCUT2D eigenvalue weighted by atomic mass is 16.3. The highest BCUT2D eigenvalue weighted by Crippen LogP contribution is 2.28. The van der Waals surface area contributed by atoms with Crippen molar-refractivity contribution in [3.63, 3.8) is 0 Å². The van der Waals surface area contributed by atoms with Gasteiger partial charge in [0.2, 0.25) is 0 Å². The molecule has 0 aliphatic heterocycles. The van der Waals surface area contributed by atoms with Gasteiger partial charge in [-0.05, 0) is 73.7 Å². The lowest BCUT2D eigenvalue weighted by Crippen LogP contribution is -2.39. The van der Waals surface area contributed by atoms with Gasteiger partial charge in [0.05, 0.1) is 13.2 Å². The Morgan fingerprint density at radius 3 is 2.26 bits per heavy atom. The summed E-state index contributed by atoms with van der Waals surface area (Å²) in [5.41, 5.74) is 3.34. The maximum Gasteiger partial charge on any atom is 0.0687 e. The highest BCUT2D eigenvalue weighted by Gasteiger charge is 2.21. The first-order valence-electron chi connectivity index (χ1n) is 11.7. The van der Waals surface area contributed by atoms with E-state index in [0.717, 1.165) is 49.0 Å². The molecule has 168 valence electrons. The van der Waals surface area contributed by atoms with Crippen LogP contribution in [0.5, 0.6) is 0 Å². The van der Waals surface area contributed by atoms with Crippen LogP contribution in [0.4, 0.5) is 0 Å². The van der Waals surface area contributed by atoms with Crippen LogP contribution in [-0.4, -0.2) is 42.5 Å². The molecule has 1 aliphatic rings. The van der Waals surface area contributed by atoms with Gasteiger partial charge in [-0.2, -0.15) is 0 Å². The van der Waals surface area contributed by atoms with Crippen LogP contribution >= 0.6 is 0 Å². The van der Waals surface area contributed by atoms with E-state index in [-0.39, 0.29) is 19.3 Å². The van der Waals surface area contributed by atoms with E-state index in [2.05, 4.69) is 47.1 Å². The van der Waals surface area contributed by atoms with Gasteiger partial charge in [0.25, 0.3) is 0 Å². The van der Waals surface area contributed by atoms with Gasteiger partial charge in [-0.15, -0.1) is 0 Å². The molecule has 0 spiro atoms. The molecule has 0 radical (unpaired) electrons. The first kappa shape index (κ1) is 23.7. The Bertz CT molecular complexity index is 770. The predicted molar refractivity (Wildman–Crippen MR) is 129 cm³/mol. The standard InChI is InChI=1S/C27H38N2O2/c30-20-26-10-5-4-9-25(26)11-6-16-28-18-23-12-14-24(15-13-23)19-29-27(21-31)17-22-7-2-1-3-8-22/h1-11,23-24,27-31H,12-21H2. The Labute approximate surface area is 187 Å². The van der Waals surface area contributed by atoms with E-state index < -0.39 is 0 Å². The first-order chi connectivity index (χ1) is 15.3. The minimum absolute atomic E-state index is 0.0807. The van der Waals surface area contributed by atoms with E-state index in [1.54, 1.807) is 0 Å². The summed E-state index contributed by atoms with van der Waals surface area (Å²) in [5, 5.41) is 26.3. The molecule has 4 heteroatoms. The molecule has 0 saturated heterocycles. The summed E-state index contributed by atoms with van der Waals surface area (Å²) in [6.07, 6.45) is 10.2. The minimum Gasteiger partial charge on any atom is -0.395 e. The fraction of sp³-hybridized carbons (Fsp3) is 0.481. The van der Waals surface area contributed by atoms with Crippen LogP contribution in [0.2, 0.25) is 0 Å². The third-order valence-corrected chi connectivity index (χ3v) is 6.42. The van der Waals surface area contributed by atoms with E-state index >= 15 is 0 Å². The molecule has 1 unspecified atom stereocenters. The number of aliphatic hydroxyl groups excluding tert-OH is 2. The monoisotopic (exact) mass is 422 g/mol. The van der Waals surface area contributed by atoms with Crippen molar-refractivity contribution in [1.82, 2.24) is 10.6 Å². The van der Waals surface area contributed by atoms with Crippen molar-refractivity contribution >= 4 is 6.08 Å². The summed E-state index contributed by atoms with van der Waals surface area (Å²) in [4.78, 5) is 0. The van der Waals surface area contributed by atoms with E-state index in [1.165, 1.54) is 31.2 Å². The largest absolute Gasteiger partial charge is 0.395 e. The number of rotatable bonds is 12. The number of aliphatic hydroxyl groups is 2. The summed E-state index contributed by atoms with van der Waals surface area (Å²) >= 11 is 0. The Balaban J connectivity index is 1.29. The molecule has 4 nitrogen and oxygen atoms in total. The molecule has 0 amide bonds. The maximum atomic E-state index is 9.71. The van der Waals surface area contributed by atoms with E-state index in [9.17, 15) is 10.2 Å². The Morgan fingerprint density at radius 1 is 0.871 bits per heavy atom. The van der Waals surface area contributed by atoms with Crippen LogP contribution in [0.1, 0.15) is 42.4 Å². The van der Waals surface area contributed by atoms with Gasteiger partial charge in [-0.1, -0.05) is 66.7 Å². The van der Waals surface area contributed by atoms with Crippen molar-refractivity contribution < 1.29 is 10.2 Å². The summed E-state index contributed by atoms with van der Waals surface area (Å²) in [6, 6.07) is 18.5. The lowest BCUT2D eigenvalue weighted by molar-refractivity contribution is 0.217. The number of nitrogens with one attached hydrogen (secondary N) is 2. The summed E-state index contributed by atoms with van der Waals surface area (Å²) < 4.78 is 0. The smallest absolute Gasteiger partial charge is 0.0687 e. The molecule has 3 rings (SSSR count). The third kappa shape index (κ3) is 8.23. The lowest BCUT2D eigenvalue weighted by Gasteiger charge is -2.30. The topological polar surface area (TPSA) is 64.5 Å². The zero-order valence-corrected chi connectivity index (χ0v) is 18.5. The predicted octanol–water partition coefficient (Wildman–Crippen LogP) is 3.78. The van der Waals surface area contributed by atoms with Gasteiger partial charge in [0.15, 0.2) is 0 Å². The van der Waals surface area contributed by atoms with Crippen LogP contribution in [-0.2, 0) is 13.0 Å². The fourth-order valence-corrected chi connectivity index (χ4v) is 4.47. The van der Waals surface area contributed by atoms with Gasteiger partial charge in [0, 0.05) is 12.6 Å². The summed E-state index contributed by atoms with van der Waals surface area (Å²) in [5.74, 6) is 1.48. The van der Waals surface area contributed by atoms with E-state index in [1.807, 2.05) is 30.3 Å². The molecule has 0 bridgehead atoms. The quantitative estimate of drug-likeness (QED) is 0.393. The Morgan fingerprint density at radius 2 is 1.55 bits per heavy atom. The van der Waals surface area contributed by atoms with Crippen LogP contribution < -0.4 is 10.6 Å². The molecule has 2 aromatic rings. The van der Waals surface area contributed by atoms with Crippen molar-refractivity contribution in [1.29, 1.82) is 0 Å². The van der Waals surface area contributed by atoms with E-state index in [0.29, 0.717) is 0 Å². The number of benzene rings is 2. The van der Waals surface area contributed by atoms with Gasteiger partial charge < -0.3 is 20.8 Å². The van der Waals surface area contributed by atoms with Gasteiger partial charge in [0.1, 0.15) is 0 Å². The second-order valence-corrected chi connectivity index (χ2v) is 8.78. The molecular weight excluding hydrogens is 384 g/mol. The minimum atomic E-state index is 0.0807. The molecule has 4 N–H and O–H groups in total.